The van der Waals surface area contributed by atoms with Crippen LogP contribution < -0.4 is 15.5 Å². The molecule has 0 aliphatic carbocycles. The van der Waals surface area contributed by atoms with E-state index in [2.05, 4.69) is 36.7 Å². The van der Waals surface area contributed by atoms with Crippen molar-refractivity contribution in [2.75, 3.05) is 16.8 Å². The predicted molar refractivity (Wildman–Crippen MR) is 155 cm³/mol. The molecule has 0 atom stereocenters. The van der Waals surface area contributed by atoms with E-state index in [1.807, 2.05) is 86.8 Å². The number of hydrogen-bond acceptors (Lipinski definition) is 4. The van der Waals surface area contributed by atoms with Crippen LogP contribution in [0.3, 0.4) is 0 Å². The van der Waals surface area contributed by atoms with Gasteiger partial charge < -0.3 is 10.6 Å². The van der Waals surface area contributed by atoms with Crippen molar-refractivity contribution < 1.29 is 4.79 Å². The number of benzene rings is 3. The molecule has 0 aliphatic rings. The van der Waals surface area contributed by atoms with Gasteiger partial charge in [0.15, 0.2) is 0 Å². The molecule has 0 spiro atoms. The number of primary amides is 1. The van der Waals surface area contributed by atoms with Crippen LogP contribution in [0.1, 0.15) is 32.0 Å². The van der Waals surface area contributed by atoms with Gasteiger partial charge in [-0.1, -0.05) is 62.7 Å². The molecule has 2 amide bonds. The Bertz CT molecular complexity index is 1600. The van der Waals surface area contributed by atoms with Gasteiger partial charge in [-0.2, -0.15) is 5.10 Å². The summed E-state index contributed by atoms with van der Waals surface area (Å²) < 4.78 is 1.80. The second-order valence-corrected chi connectivity index (χ2v) is 10.5. The Morgan fingerprint density at radius 2 is 1.47 bits per heavy atom. The number of anilines is 4. The molecule has 0 bridgehead atoms. The van der Waals surface area contributed by atoms with Crippen molar-refractivity contribution in [2.24, 2.45) is 5.73 Å². The Kier molecular flexibility index (Phi) is 6.36. The van der Waals surface area contributed by atoms with E-state index >= 15 is 0 Å². The first-order chi connectivity index (χ1) is 18.1. The van der Waals surface area contributed by atoms with Crippen molar-refractivity contribution >= 4 is 39.7 Å². The molecule has 7 nitrogen and oxygen atoms in total. The highest BCUT2D eigenvalue weighted by molar-refractivity contribution is 6.10. The molecule has 2 aromatic heterocycles. The van der Waals surface area contributed by atoms with Gasteiger partial charge in [-0.05, 0) is 43.3 Å². The normalized spacial score (nSPS) is 11.5. The van der Waals surface area contributed by atoms with Crippen LogP contribution in [0.15, 0.2) is 91.3 Å². The second kappa shape index (κ2) is 9.67. The zero-order valence-corrected chi connectivity index (χ0v) is 22.4. The number of urea groups is 1. The van der Waals surface area contributed by atoms with Crippen LogP contribution in [-0.2, 0) is 5.41 Å². The molecule has 7 heteroatoms. The van der Waals surface area contributed by atoms with Crippen LogP contribution in [-0.4, -0.2) is 27.8 Å². The first kappa shape index (κ1) is 25.0. The molecule has 0 saturated heterocycles. The number of nitrogens with two attached hydrogens (primary N) is 1. The van der Waals surface area contributed by atoms with E-state index in [4.69, 9.17) is 10.8 Å². The summed E-state index contributed by atoms with van der Waals surface area (Å²) in [6.45, 7) is 8.35. The Hall–Kier alpha value is -4.65. The van der Waals surface area contributed by atoms with Crippen molar-refractivity contribution in [3.05, 3.63) is 103 Å². The van der Waals surface area contributed by atoms with E-state index in [0.29, 0.717) is 11.5 Å². The summed E-state index contributed by atoms with van der Waals surface area (Å²) in [5.41, 5.74) is 11.4. The van der Waals surface area contributed by atoms with Crippen molar-refractivity contribution in [2.45, 2.75) is 33.1 Å². The second-order valence-electron chi connectivity index (χ2n) is 10.5. The van der Waals surface area contributed by atoms with Crippen LogP contribution in [0, 0.1) is 6.92 Å². The maximum atomic E-state index is 13.2. The molecule has 2 heterocycles. The molecule has 3 aromatic carbocycles. The van der Waals surface area contributed by atoms with E-state index in [-0.39, 0.29) is 5.41 Å². The zero-order chi connectivity index (χ0) is 27.0. The minimum atomic E-state index is -0.584. The number of carbonyl (C=O) groups excluding carboxylic acids is 1. The third-order valence-electron chi connectivity index (χ3n) is 6.72. The minimum absolute atomic E-state index is 0.229. The third kappa shape index (κ3) is 4.59. The molecular weight excluding hydrogens is 472 g/mol. The van der Waals surface area contributed by atoms with Gasteiger partial charge in [0.05, 0.1) is 17.1 Å². The molecule has 0 saturated carbocycles. The van der Waals surface area contributed by atoms with Gasteiger partial charge in [-0.25, -0.2) is 14.4 Å². The van der Waals surface area contributed by atoms with Crippen LogP contribution in [0.4, 0.5) is 27.7 Å². The number of nitrogens with zero attached hydrogens (tertiary/aromatic N) is 5. The van der Waals surface area contributed by atoms with E-state index in [1.165, 1.54) is 0 Å². The number of aromatic nitrogens is 3. The quantitative estimate of drug-likeness (QED) is 0.279. The topological polar surface area (TPSA) is 80.3 Å². The number of rotatable bonds is 5. The molecule has 2 N–H and O–H groups in total. The maximum absolute atomic E-state index is 13.2. The van der Waals surface area contributed by atoms with Gasteiger partial charge in [0.25, 0.3) is 0 Å². The monoisotopic (exact) mass is 504 g/mol. The van der Waals surface area contributed by atoms with Crippen LogP contribution >= 0.6 is 0 Å². The fourth-order valence-corrected chi connectivity index (χ4v) is 4.59. The molecule has 38 heavy (non-hydrogen) atoms. The molecule has 0 unspecified atom stereocenters. The summed E-state index contributed by atoms with van der Waals surface area (Å²) in [7, 11) is 2.02. The van der Waals surface area contributed by atoms with Gasteiger partial charge in [-0.3, -0.25) is 4.98 Å². The summed E-state index contributed by atoms with van der Waals surface area (Å²) in [4.78, 5) is 21.0. The number of amides is 2. The summed E-state index contributed by atoms with van der Waals surface area (Å²) in [5, 5.41) is 6.82. The third-order valence-corrected chi connectivity index (χ3v) is 6.72. The lowest BCUT2D eigenvalue weighted by atomic mass is 9.92. The zero-order valence-electron chi connectivity index (χ0n) is 22.4. The van der Waals surface area contributed by atoms with E-state index in [0.717, 1.165) is 39.1 Å². The summed E-state index contributed by atoms with van der Waals surface area (Å²) in [5.74, 6) is 0.590. The number of aryl methyl sites for hydroxylation is 1. The summed E-state index contributed by atoms with van der Waals surface area (Å²) in [6.07, 6.45) is 3.55. The molecular formula is C31H32N6O. The van der Waals surface area contributed by atoms with Gasteiger partial charge in [0.2, 0.25) is 0 Å². The average molecular weight is 505 g/mol. The summed E-state index contributed by atoms with van der Waals surface area (Å²) >= 11 is 0. The molecule has 0 fully saturated rings. The predicted octanol–water partition coefficient (Wildman–Crippen LogP) is 7.01. The Labute approximate surface area is 223 Å². The van der Waals surface area contributed by atoms with E-state index < -0.39 is 6.03 Å². The average Bonchev–Trinajstić information content (AvgIpc) is 3.35. The SMILES string of the molecule is Cc1ccc(-n2nc(C(C)(C)C)cc2N(C(N)=O)c2ccc(N(C)c3ccncc3)c3ccccc23)cc1. The molecule has 0 radical (unpaired) electrons. The minimum Gasteiger partial charge on any atom is -0.351 e. The fourth-order valence-electron chi connectivity index (χ4n) is 4.59. The Balaban J connectivity index is 1.72. The molecule has 5 aromatic rings. The number of fused-ring (bicyclic) bond motifs is 1. The lowest BCUT2D eigenvalue weighted by Gasteiger charge is -2.26. The standard InChI is InChI=1S/C31H32N6O/c1-21-10-12-23(13-11-21)37-29(20-28(34-37)31(2,3)4)36(30(32)38)27-15-14-26(24-8-6-7-9-25(24)27)35(5)22-16-18-33-19-17-22/h6-20H,1-5H3,(H2,32,38). The van der Waals surface area contributed by atoms with Crippen LogP contribution in [0.2, 0.25) is 0 Å². The Morgan fingerprint density at radius 3 is 2.08 bits per heavy atom. The number of carbonyl (C=O) groups is 1. The van der Waals surface area contributed by atoms with Gasteiger partial charge >= 0.3 is 6.03 Å². The molecule has 0 aliphatic heterocycles. The highest BCUT2D eigenvalue weighted by Gasteiger charge is 2.28. The van der Waals surface area contributed by atoms with Crippen molar-refractivity contribution in [3.63, 3.8) is 0 Å². The highest BCUT2D eigenvalue weighted by Crippen LogP contribution is 2.40. The van der Waals surface area contributed by atoms with Crippen LogP contribution in [0.25, 0.3) is 16.5 Å². The Morgan fingerprint density at radius 1 is 0.868 bits per heavy atom. The van der Waals surface area contributed by atoms with Gasteiger partial charge in [-0.15, -0.1) is 0 Å². The highest BCUT2D eigenvalue weighted by atomic mass is 16.2. The maximum Gasteiger partial charge on any atom is 0.325 e. The largest absolute Gasteiger partial charge is 0.351 e. The van der Waals surface area contributed by atoms with Crippen molar-refractivity contribution in [1.29, 1.82) is 0 Å². The first-order valence-electron chi connectivity index (χ1n) is 12.6. The van der Waals surface area contributed by atoms with E-state index in [1.54, 1.807) is 22.0 Å². The number of pyridine rings is 1. The van der Waals surface area contributed by atoms with Gasteiger partial charge in [0.1, 0.15) is 5.82 Å². The van der Waals surface area contributed by atoms with Crippen molar-refractivity contribution in [3.8, 4) is 5.69 Å². The molecule has 5 rings (SSSR count). The first-order valence-corrected chi connectivity index (χ1v) is 12.6. The lowest BCUT2D eigenvalue weighted by Crippen LogP contribution is -2.33. The number of hydrogen-bond donors (Lipinski definition) is 1. The smallest absolute Gasteiger partial charge is 0.325 e. The summed E-state index contributed by atoms with van der Waals surface area (Å²) in [6, 6.07) is 25.4. The molecule has 192 valence electrons. The lowest BCUT2D eigenvalue weighted by molar-refractivity contribution is 0.256. The van der Waals surface area contributed by atoms with Crippen LogP contribution in [0.5, 0.6) is 0 Å². The van der Waals surface area contributed by atoms with Gasteiger partial charge in [0, 0.05) is 53.1 Å². The van der Waals surface area contributed by atoms with Crippen molar-refractivity contribution in [1.82, 2.24) is 14.8 Å². The fraction of sp³-hybridized carbons (Fsp3) is 0.194. The van der Waals surface area contributed by atoms with E-state index in [9.17, 15) is 4.79 Å².